The third-order valence-corrected chi connectivity index (χ3v) is 4.93. The van der Waals surface area contributed by atoms with Gasteiger partial charge in [-0.15, -0.1) is 0 Å². The van der Waals surface area contributed by atoms with E-state index in [2.05, 4.69) is 5.32 Å². The molecule has 128 valence electrons. The van der Waals surface area contributed by atoms with Crippen LogP contribution in [0.3, 0.4) is 0 Å². The molecule has 24 heavy (non-hydrogen) atoms. The van der Waals surface area contributed by atoms with Crippen molar-refractivity contribution in [3.05, 3.63) is 29.8 Å². The molecule has 2 fully saturated rings. The Morgan fingerprint density at radius 1 is 1.08 bits per heavy atom. The number of carbonyl (C=O) groups excluding carboxylic acids is 2. The number of carboxylic acid groups (broad SMARTS) is 1. The molecule has 0 spiro atoms. The number of carboxylic acids is 1. The highest BCUT2D eigenvalue weighted by Gasteiger charge is 2.27. The van der Waals surface area contributed by atoms with Gasteiger partial charge in [-0.05, 0) is 56.4 Å². The molecule has 2 amide bonds. The Labute approximate surface area is 140 Å². The Kier molecular flexibility index (Phi) is 4.83. The van der Waals surface area contributed by atoms with Gasteiger partial charge in [0.1, 0.15) is 0 Å². The van der Waals surface area contributed by atoms with E-state index >= 15 is 0 Å². The van der Waals surface area contributed by atoms with E-state index in [4.69, 9.17) is 5.11 Å². The van der Waals surface area contributed by atoms with E-state index in [1.54, 1.807) is 29.2 Å². The van der Waals surface area contributed by atoms with Crippen LogP contribution in [-0.4, -0.2) is 35.5 Å². The van der Waals surface area contributed by atoms with Crippen LogP contribution in [0.15, 0.2) is 24.3 Å². The van der Waals surface area contributed by atoms with Gasteiger partial charge in [0.25, 0.3) is 5.91 Å². The first-order valence-electron chi connectivity index (χ1n) is 8.48. The molecule has 0 radical (unpaired) electrons. The lowest BCUT2D eigenvalue weighted by atomic mass is 9.86. The Morgan fingerprint density at radius 2 is 1.75 bits per heavy atom. The second kappa shape index (κ2) is 7.03. The zero-order valence-corrected chi connectivity index (χ0v) is 13.5. The van der Waals surface area contributed by atoms with Gasteiger partial charge in [0, 0.05) is 30.3 Å². The smallest absolute Gasteiger partial charge is 0.306 e. The summed E-state index contributed by atoms with van der Waals surface area (Å²) in [5, 5.41) is 12.0. The fraction of sp³-hybridized carbons (Fsp3) is 0.500. The summed E-state index contributed by atoms with van der Waals surface area (Å²) in [6.07, 6.45) is 4.07. The standard InChI is InChI=1S/C18H22N2O4/c21-16-2-1-11-20(16)15-9-5-12(6-10-15)17(22)19-14-7-3-13(4-8-14)18(23)24/h5-6,9-10,13-14H,1-4,7-8,11H2,(H,19,22)(H,23,24). The van der Waals surface area contributed by atoms with Crippen LogP contribution in [0.2, 0.25) is 0 Å². The molecule has 0 unspecified atom stereocenters. The van der Waals surface area contributed by atoms with E-state index in [0.29, 0.717) is 37.7 Å². The average molecular weight is 330 g/mol. The summed E-state index contributed by atoms with van der Waals surface area (Å²) in [4.78, 5) is 36.8. The predicted octanol–water partition coefficient (Wildman–Crippen LogP) is 2.19. The van der Waals surface area contributed by atoms with E-state index in [9.17, 15) is 14.4 Å². The third kappa shape index (κ3) is 3.58. The topological polar surface area (TPSA) is 86.7 Å². The van der Waals surface area contributed by atoms with Crippen molar-refractivity contribution in [3.63, 3.8) is 0 Å². The minimum absolute atomic E-state index is 0.0351. The van der Waals surface area contributed by atoms with Crippen molar-refractivity contribution in [1.82, 2.24) is 5.32 Å². The molecule has 0 bridgehead atoms. The van der Waals surface area contributed by atoms with Crippen molar-refractivity contribution in [2.45, 2.75) is 44.6 Å². The van der Waals surface area contributed by atoms with Crippen LogP contribution in [0.1, 0.15) is 48.9 Å². The first-order valence-corrected chi connectivity index (χ1v) is 8.48. The summed E-state index contributed by atoms with van der Waals surface area (Å²) in [6, 6.07) is 7.12. The van der Waals surface area contributed by atoms with E-state index < -0.39 is 5.97 Å². The lowest BCUT2D eigenvalue weighted by molar-refractivity contribution is -0.142. The maximum absolute atomic E-state index is 12.3. The number of aliphatic carboxylic acids is 1. The number of carbonyl (C=O) groups is 3. The van der Waals surface area contributed by atoms with E-state index in [1.165, 1.54) is 0 Å². The minimum Gasteiger partial charge on any atom is -0.481 e. The first-order chi connectivity index (χ1) is 11.5. The highest BCUT2D eigenvalue weighted by atomic mass is 16.4. The zero-order chi connectivity index (χ0) is 17.1. The molecule has 3 rings (SSSR count). The van der Waals surface area contributed by atoms with Gasteiger partial charge in [0.2, 0.25) is 5.91 Å². The molecule has 1 aromatic carbocycles. The normalized spacial score (nSPS) is 24.0. The van der Waals surface area contributed by atoms with Crippen molar-refractivity contribution < 1.29 is 19.5 Å². The SMILES string of the molecule is O=C(NC1CCC(C(=O)O)CC1)c1ccc(N2CCCC2=O)cc1. The van der Waals surface area contributed by atoms with Crippen LogP contribution in [0.4, 0.5) is 5.69 Å². The van der Waals surface area contributed by atoms with Crippen LogP contribution >= 0.6 is 0 Å². The van der Waals surface area contributed by atoms with Crippen molar-refractivity contribution in [2.75, 3.05) is 11.4 Å². The molecular formula is C18H22N2O4. The molecule has 2 N–H and O–H groups in total. The third-order valence-electron chi connectivity index (χ3n) is 4.93. The lowest BCUT2D eigenvalue weighted by Gasteiger charge is -2.26. The molecule has 2 aliphatic rings. The second-order valence-electron chi connectivity index (χ2n) is 6.56. The Balaban J connectivity index is 1.56. The highest BCUT2D eigenvalue weighted by Crippen LogP contribution is 2.25. The van der Waals surface area contributed by atoms with E-state index in [-0.39, 0.29) is 23.8 Å². The molecule has 1 aromatic rings. The van der Waals surface area contributed by atoms with Crippen LogP contribution in [-0.2, 0) is 9.59 Å². The number of anilines is 1. The van der Waals surface area contributed by atoms with Gasteiger partial charge in [0.15, 0.2) is 0 Å². The number of nitrogens with zero attached hydrogens (tertiary/aromatic N) is 1. The predicted molar refractivity (Wildman–Crippen MR) is 88.9 cm³/mol. The molecule has 1 saturated heterocycles. The molecular weight excluding hydrogens is 308 g/mol. The van der Waals surface area contributed by atoms with Crippen LogP contribution in [0.25, 0.3) is 0 Å². The number of rotatable bonds is 4. The molecule has 6 heteroatoms. The Hall–Kier alpha value is -2.37. The first kappa shape index (κ1) is 16.5. The van der Waals surface area contributed by atoms with Gasteiger partial charge in [0.05, 0.1) is 5.92 Å². The molecule has 0 atom stereocenters. The number of hydrogen-bond acceptors (Lipinski definition) is 3. The van der Waals surface area contributed by atoms with Gasteiger partial charge in [-0.2, -0.15) is 0 Å². The summed E-state index contributed by atoms with van der Waals surface area (Å²) in [6.45, 7) is 0.733. The quantitative estimate of drug-likeness (QED) is 0.886. The molecule has 0 aromatic heterocycles. The van der Waals surface area contributed by atoms with Crippen LogP contribution < -0.4 is 10.2 Å². The fourth-order valence-electron chi connectivity index (χ4n) is 3.47. The largest absolute Gasteiger partial charge is 0.481 e. The molecule has 6 nitrogen and oxygen atoms in total. The van der Waals surface area contributed by atoms with Crippen molar-refractivity contribution >= 4 is 23.5 Å². The number of amides is 2. The number of benzene rings is 1. The van der Waals surface area contributed by atoms with Gasteiger partial charge < -0.3 is 15.3 Å². The van der Waals surface area contributed by atoms with Gasteiger partial charge in [-0.25, -0.2) is 0 Å². The maximum Gasteiger partial charge on any atom is 0.306 e. The summed E-state index contributed by atoms with van der Waals surface area (Å²) >= 11 is 0. The van der Waals surface area contributed by atoms with E-state index in [0.717, 1.165) is 18.7 Å². The van der Waals surface area contributed by atoms with Crippen molar-refractivity contribution in [2.24, 2.45) is 5.92 Å². The minimum atomic E-state index is -0.744. The Morgan fingerprint density at radius 3 is 2.29 bits per heavy atom. The van der Waals surface area contributed by atoms with Crippen molar-refractivity contribution in [1.29, 1.82) is 0 Å². The lowest BCUT2D eigenvalue weighted by Crippen LogP contribution is -2.38. The number of nitrogens with one attached hydrogen (secondary N) is 1. The second-order valence-corrected chi connectivity index (χ2v) is 6.56. The van der Waals surface area contributed by atoms with E-state index in [1.807, 2.05) is 0 Å². The summed E-state index contributed by atoms with van der Waals surface area (Å²) in [5.41, 5.74) is 1.39. The fourth-order valence-corrected chi connectivity index (χ4v) is 3.47. The van der Waals surface area contributed by atoms with Crippen molar-refractivity contribution in [3.8, 4) is 0 Å². The zero-order valence-electron chi connectivity index (χ0n) is 13.5. The van der Waals surface area contributed by atoms with Gasteiger partial charge in [-0.1, -0.05) is 0 Å². The molecule has 1 aliphatic carbocycles. The summed E-state index contributed by atoms with van der Waals surface area (Å²) in [5.74, 6) is -1.04. The molecule has 1 heterocycles. The van der Waals surface area contributed by atoms with Gasteiger partial charge in [-0.3, -0.25) is 14.4 Å². The average Bonchev–Trinajstić information content (AvgIpc) is 3.01. The van der Waals surface area contributed by atoms with Crippen LogP contribution in [0.5, 0.6) is 0 Å². The molecule has 1 saturated carbocycles. The van der Waals surface area contributed by atoms with Gasteiger partial charge >= 0.3 is 5.97 Å². The monoisotopic (exact) mass is 330 g/mol. The highest BCUT2D eigenvalue weighted by molar-refractivity contribution is 5.97. The number of hydrogen-bond donors (Lipinski definition) is 2. The Bertz CT molecular complexity index is 633. The molecule has 1 aliphatic heterocycles. The maximum atomic E-state index is 12.3. The van der Waals surface area contributed by atoms with Crippen LogP contribution in [0, 0.1) is 5.92 Å². The summed E-state index contributed by atoms with van der Waals surface area (Å²) < 4.78 is 0. The summed E-state index contributed by atoms with van der Waals surface area (Å²) in [7, 11) is 0.